The lowest BCUT2D eigenvalue weighted by Gasteiger charge is -2.13. The Hall–Kier alpha value is -2.49. The minimum atomic E-state index is -0.214. The van der Waals surface area contributed by atoms with Crippen LogP contribution in [0.4, 0.5) is 11.4 Å². The summed E-state index contributed by atoms with van der Waals surface area (Å²) >= 11 is 0. The molecule has 3 N–H and O–H groups in total. The van der Waals surface area contributed by atoms with Crippen molar-refractivity contribution in [2.45, 2.75) is 12.5 Å². The quantitative estimate of drug-likeness (QED) is 0.735. The Balaban J connectivity index is 1.58. The van der Waals surface area contributed by atoms with Gasteiger partial charge < -0.3 is 5.32 Å². The zero-order valence-electron chi connectivity index (χ0n) is 10.4. The number of rotatable bonds is 3. The van der Waals surface area contributed by atoms with Crippen molar-refractivity contribution in [1.82, 2.24) is 5.43 Å². The Bertz CT molecular complexity index is 558. The molecule has 1 amide bonds. The van der Waals surface area contributed by atoms with Crippen LogP contribution in [0.15, 0.2) is 54.6 Å². The summed E-state index contributed by atoms with van der Waals surface area (Å²) in [7, 11) is 0. The summed E-state index contributed by atoms with van der Waals surface area (Å²) in [5.41, 5.74) is 8.73. The van der Waals surface area contributed by atoms with Crippen molar-refractivity contribution < 1.29 is 4.79 Å². The van der Waals surface area contributed by atoms with Crippen molar-refractivity contribution in [1.29, 1.82) is 0 Å². The van der Waals surface area contributed by atoms with Gasteiger partial charge in [0.25, 0.3) is 5.91 Å². The van der Waals surface area contributed by atoms with Crippen molar-refractivity contribution in [3.63, 3.8) is 0 Å². The number of nitrogens with one attached hydrogen (secondary N) is 3. The van der Waals surface area contributed by atoms with Crippen molar-refractivity contribution in [2.24, 2.45) is 0 Å². The number of hydrogen-bond acceptors (Lipinski definition) is 3. The zero-order valence-corrected chi connectivity index (χ0v) is 10.4. The Labute approximate surface area is 111 Å². The number of benzene rings is 2. The monoisotopic (exact) mass is 253 g/mol. The van der Waals surface area contributed by atoms with Crippen molar-refractivity contribution in [2.75, 3.05) is 10.7 Å². The second-order valence-corrected chi connectivity index (χ2v) is 4.54. The number of amides is 1. The molecule has 96 valence electrons. The van der Waals surface area contributed by atoms with E-state index in [9.17, 15) is 4.79 Å². The third-order valence-electron chi connectivity index (χ3n) is 3.19. The molecule has 2 aromatic rings. The fraction of sp³-hybridized carbons (Fsp3) is 0.133. The van der Waals surface area contributed by atoms with Gasteiger partial charge in [0.05, 0.1) is 5.69 Å². The molecule has 0 fully saturated rings. The molecule has 3 rings (SSSR count). The van der Waals surface area contributed by atoms with Crippen LogP contribution in [0.2, 0.25) is 0 Å². The van der Waals surface area contributed by atoms with Gasteiger partial charge in [0.1, 0.15) is 6.04 Å². The summed E-state index contributed by atoms with van der Waals surface area (Å²) < 4.78 is 0. The number of hydrogen-bond donors (Lipinski definition) is 3. The van der Waals surface area contributed by atoms with Gasteiger partial charge in [-0.25, -0.2) is 0 Å². The highest BCUT2D eigenvalue weighted by Crippen LogP contribution is 2.24. The van der Waals surface area contributed by atoms with E-state index in [1.54, 1.807) is 0 Å². The van der Waals surface area contributed by atoms with Crippen LogP contribution in [0.1, 0.15) is 5.56 Å². The lowest BCUT2D eigenvalue weighted by Crippen LogP contribution is -2.41. The van der Waals surface area contributed by atoms with E-state index in [-0.39, 0.29) is 11.9 Å². The minimum absolute atomic E-state index is 0.0555. The summed E-state index contributed by atoms with van der Waals surface area (Å²) in [4.78, 5) is 12.1. The molecule has 1 aliphatic rings. The van der Waals surface area contributed by atoms with Gasteiger partial charge in [-0.05, 0) is 23.8 Å². The molecule has 1 atom stereocenters. The summed E-state index contributed by atoms with van der Waals surface area (Å²) in [5.74, 6) is -0.0555. The first kappa shape index (κ1) is 11.6. The largest absolute Gasteiger partial charge is 0.373 e. The van der Waals surface area contributed by atoms with E-state index in [1.165, 1.54) is 5.56 Å². The Kier molecular flexibility index (Phi) is 3.06. The first-order valence-corrected chi connectivity index (χ1v) is 6.28. The highest BCUT2D eigenvalue weighted by molar-refractivity contribution is 5.88. The predicted octanol–water partition coefficient (Wildman–Crippen LogP) is 2.17. The molecule has 0 saturated carbocycles. The Morgan fingerprint density at radius 2 is 1.79 bits per heavy atom. The smallest absolute Gasteiger partial charge is 0.261 e. The SMILES string of the molecule is O=C(NNc1ccccc1)[C@@H]1Cc2ccccc2N1. The van der Waals surface area contributed by atoms with E-state index < -0.39 is 0 Å². The van der Waals surface area contributed by atoms with Gasteiger partial charge >= 0.3 is 0 Å². The molecule has 1 heterocycles. The van der Waals surface area contributed by atoms with Crippen LogP contribution in [0, 0.1) is 0 Å². The number of carbonyl (C=O) groups is 1. The predicted molar refractivity (Wildman–Crippen MR) is 75.8 cm³/mol. The second kappa shape index (κ2) is 5.02. The fourth-order valence-corrected chi connectivity index (χ4v) is 2.20. The maximum atomic E-state index is 12.1. The molecule has 1 aliphatic heterocycles. The van der Waals surface area contributed by atoms with E-state index in [2.05, 4.69) is 16.2 Å². The van der Waals surface area contributed by atoms with Crippen LogP contribution in [0.25, 0.3) is 0 Å². The average Bonchev–Trinajstić information content (AvgIpc) is 2.90. The molecule has 0 saturated heterocycles. The molecule has 2 aromatic carbocycles. The molecule has 0 bridgehead atoms. The van der Waals surface area contributed by atoms with Crippen LogP contribution >= 0.6 is 0 Å². The van der Waals surface area contributed by atoms with Gasteiger partial charge in [0.15, 0.2) is 0 Å². The van der Waals surface area contributed by atoms with E-state index in [4.69, 9.17) is 0 Å². The third-order valence-corrected chi connectivity index (χ3v) is 3.19. The molecule has 0 aromatic heterocycles. The van der Waals surface area contributed by atoms with Crippen LogP contribution in [-0.2, 0) is 11.2 Å². The number of carbonyl (C=O) groups excluding carboxylic acids is 1. The normalized spacial score (nSPS) is 16.3. The molecule has 4 heteroatoms. The van der Waals surface area contributed by atoms with Gasteiger partial charge in [-0.15, -0.1) is 0 Å². The highest BCUT2D eigenvalue weighted by Gasteiger charge is 2.25. The van der Waals surface area contributed by atoms with E-state index in [1.807, 2.05) is 54.6 Å². The second-order valence-electron chi connectivity index (χ2n) is 4.54. The van der Waals surface area contributed by atoms with Crippen molar-refractivity contribution in [3.8, 4) is 0 Å². The topological polar surface area (TPSA) is 53.2 Å². The first-order valence-electron chi connectivity index (χ1n) is 6.28. The maximum absolute atomic E-state index is 12.1. The number of hydrazine groups is 1. The van der Waals surface area contributed by atoms with Crippen LogP contribution < -0.4 is 16.2 Å². The lowest BCUT2D eigenvalue weighted by molar-refractivity contribution is -0.121. The van der Waals surface area contributed by atoms with E-state index in [0.717, 1.165) is 17.8 Å². The summed E-state index contributed by atoms with van der Waals surface area (Å²) in [5, 5.41) is 3.22. The summed E-state index contributed by atoms with van der Waals surface area (Å²) in [6.45, 7) is 0. The van der Waals surface area contributed by atoms with Gasteiger partial charge in [-0.1, -0.05) is 36.4 Å². The average molecular weight is 253 g/mol. The number of anilines is 2. The van der Waals surface area contributed by atoms with Gasteiger partial charge in [-0.3, -0.25) is 15.6 Å². The first-order chi connectivity index (χ1) is 9.33. The standard InChI is InChI=1S/C15H15N3O/c19-15(18-17-12-7-2-1-3-8-12)14-10-11-6-4-5-9-13(11)16-14/h1-9,14,16-17H,10H2,(H,18,19)/t14-/m0/s1. The molecule has 0 aliphatic carbocycles. The molecule has 0 unspecified atom stereocenters. The fourth-order valence-electron chi connectivity index (χ4n) is 2.20. The zero-order chi connectivity index (χ0) is 13.1. The van der Waals surface area contributed by atoms with Crippen LogP contribution in [0.3, 0.4) is 0 Å². The molecular weight excluding hydrogens is 238 g/mol. The van der Waals surface area contributed by atoms with Crippen LogP contribution in [0.5, 0.6) is 0 Å². The number of fused-ring (bicyclic) bond motifs is 1. The Morgan fingerprint density at radius 1 is 1.05 bits per heavy atom. The Morgan fingerprint density at radius 3 is 2.58 bits per heavy atom. The molecular formula is C15H15N3O. The molecule has 0 radical (unpaired) electrons. The summed E-state index contributed by atoms with van der Waals surface area (Å²) in [6, 6.07) is 17.3. The van der Waals surface area contributed by atoms with Gasteiger partial charge in [-0.2, -0.15) is 0 Å². The minimum Gasteiger partial charge on any atom is -0.373 e. The van der Waals surface area contributed by atoms with Gasteiger partial charge in [0.2, 0.25) is 0 Å². The third kappa shape index (κ3) is 2.52. The van der Waals surface area contributed by atoms with Crippen molar-refractivity contribution in [3.05, 3.63) is 60.2 Å². The lowest BCUT2D eigenvalue weighted by atomic mass is 10.1. The molecule has 19 heavy (non-hydrogen) atoms. The maximum Gasteiger partial charge on any atom is 0.261 e. The number of para-hydroxylation sites is 2. The van der Waals surface area contributed by atoms with Gasteiger partial charge in [0, 0.05) is 12.1 Å². The van der Waals surface area contributed by atoms with Crippen LogP contribution in [-0.4, -0.2) is 11.9 Å². The highest BCUT2D eigenvalue weighted by atomic mass is 16.2. The molecule has 0 spiro atoms. The van der Waals surface area contributed by atoms with Crippen molar-refractivity contribution >= 4 is 17.3 Å². The van der Waals surface area contributed by atoms with E-state index in [0.29, 0.717) is 0 Å². The molecule has 4 nitrogen and oxygen atoms in total. The summed E-state index contributed by atoms with van der Waals surface area (Å²) in [6.07, 6.45) is 0.721. The van der Waals surface area contributed by atoms with E-state index >= 15 is 0 Å².